The molecule has 5 nitrogen and oxygen atoms in total. The van der Waals surface area contributed by atoms with Crippen LogP contribution in [0.25, 0.3) is 0 Å². The van der Waals surface area contributed by atoms with Gasteiger partial charge in [0.05, 0.1) is 5.56 Å². The highest BCUT2D eigenvalue weighted by molar-refractivity contribution is 7.89. The smallest absolute Gasteiger partial charge is 0.338 e. The van der Waals surface area contributed by atoms with Crippen LogP contribution in [0.4, 0.5) is 4.39 Å². The molecule has 1 saturated carbocycles. The molecule has 3 rings (SSSR count). The Kier molecular flexibility index (Phi) is 4.81. The molecule has 0 bridgehead atoms. The summed E-state index contributed by atoms with van der Waals surface area (Å²) in [6.07, 6.45) is 1.36. The Bertz CT molecular complexity index is 914. The number of carboxylic acids is 1. The zero-order valence-electron chi connectivity index (χ0n) is 13.0. The van der Waals surface area contributed by atoms with Crippen LogP contribution in [0.1, 0.15) is 28.8 Å². The zero-order valence-corrected chi connectivity index (χ0v) is 14.6. The molecule has 2 aromatic carbocycles. The topological polar surface area (TPSA) is 74.7 Å². The summed E-state index contributed by atoms with van der Waals surface area (Å²) in [6, 6.07) is 10.6. The second-order valence-corrected chi connectivity index (χ2v) is 8.13. The molecule has 132 valence electrons. The molecule has 0 saturated heterocycles. The number of halogens is 2. The molecule has 0 heterocycles. The Labute approximate surface area is 149 Å². The van der Waals surface area contributed by atoms with E-state index in [1.165, 1.54) is 4.31 Å². The normalized spacial score (nSPS) is 14.7. The summed E-state index contributed by atoms with van der Waals surface area (Å²) in [5.41, 5.74) is 0.000373. The maximum Gasteiger partial charge on any atom is 0.338 e. The molecule has 2 aromatic rings. The van der Waals surface area contributed by atoms with Crippen molar-refractivity contribution < 1.29 is 22.7 Å². The molecule has 0 spiro atoms. The van der Waals surface area contributed by atoms with Crippen LogP contribution < -0.4 is 0 Å². The molecule has 1 N–H and O–H groups in total. The van der Waals surface area contributed by atoms with Gasteiger partial charge >= 0.3 is 5.97 Å². The Morgan fingerprint density at radius 3 is 2.44 bits per heavy atom. The number of sulfonamides is 1. The van der Waals surface area contributed by atoms with E-state index in [1.54, 1.807) is 24.3 Å². The van der Waals surface area contributed by atoms with Crippen LogP contribution in [0.2, 0.25) is 5.02 Å². The molecule has 0 amide bonds. The first-order valence-electron chi connectivity index (χ1n) is 7.59. The van der Waals surface area contributed by atoms with Crippen LogP contribution in [-0.4, -0.2) is 29.8 Å². The summed E-state index contributed by atoms with van der Waals surface area (Å²) in [5.74, 6) is -2.87. The molecule has 0 aliphatic heterocycles. The molecule has 0 radical (unpaired) electrons. The van der Waals surface area contributed by atoms with Gasteiger partial charge in [-0.15, -0.1) is 0 Å². The fraction of sp³-hybridized carbons (Fsp3) is 0.235. The van der Waals surface area contributed by atoms with Crippen molar-refractivity contribution in [3.8, 4) is 0 Å². The van der Waals surface area contributed by atoms with Crippen molar-refractivity contribution in [3.63, 3.8) is 0 Å². The quantitative estimate of drug-likeness (QED) is 0.828. The fourth-order valence-corrected chi connectivity index (χ4v) is 4.64. The third-order valence-electron chi connectivity index (χ3n) is 3.96. The Hall–Kier alpha value is -1.96. The predicted octanol–water partition coefficient (Wildman–Crippen LogP) is 3.53. The van der Waals surface area contributed by atoms with Crippen molar-refractivity contribution in [1.82, 2.24) is 4.31 Å². The highest BCUT2D eigenvalue weighted by Crippen LogP contribution is 2.35. The van der Waals surface area contributed by atoms with Crippen LogP contribution in [0.3, 0.4) is 0 Å². The molecule has 1 aliphatic carbocycles. The third kappa shape index (κ3) is 3.68. The molecular weight excluding hydrogens is 369 g/mol. The van der Waals surface area contributed by atoms with Gasteiger partial charge in [-0.3, -0.25) is 0 Å². The maximum atomic E-state index is 14.5. The zero-order chi connectivity index (χ0) is 18.2. The second kappa shape index (κ2) is 6.74. The lowest BCUT2D eigenvalue weighted by Gasteiger charge is -2.22. The second-order valence-electron chi connectivity index (χ2n) is 5.84. The lowest BCUT2D eigenvalue weighted by Crippen LogP contribution is -2.33. The fourth-order valence-electron chi connectivity index (χ4n) is 2.57. The van der Waals surface area contributed by atoms with E-state index >= 15 is 0 Å². The van der Waals surface area contributed by atoms with Gasteiger partial charge in [-0.1, -0.05) is 41.9 Å². The van der Waals surface area contributed by atoms with Gasteiger partial charge in [0.15, 0.2) is 5.82 Å². The van der Waals surface area contributed by atoms with E-state index in [2.05, 4.69) is 0 Å². The number of hydrogen-bond donors (Lipinski definition) is 1. The summed E-state index contributed by atoms with van der Waals surface area (Å²) in [6.45, 7) is 0.0855. The third-order valence-corrected chi connectivity index (χ3v) is 6.07. The average Bonchev–Trinajstić information content (AvgIpc) is 3.39. The van der Waals surface area contributed by atoms with Crippen LogP contribution in [-0.2, 0) is 16.6 Å². The number of carbonyl (C=O) groups is 1. The minimum absolute atomic E-state index is 0.0855. The standard InChI is InChI=1S/C17H15ClFNO4S/c18-12-8-14(17(21)22)16(19)15(9-12)25(23,24)20(13-6-7-13)10-11-4-2-1-3-5-11/h1-5,8-9,13H,6-7,10H2,(H,21,22). The number of nitrogens with zero attached hydrogens (tertiary/aromatic N) is 1. The van der Waals surface area contributed by atoms with E-state index < -0.39 is 32.3 Å². The van der Waals surface area contributed by atoms with Gasteiger partial charge in [0, 0.05) is 17.6 Å². The van der Waals surface area contributed by atoms with Gasteiger partial charge in [0.1, 0.15) is 4.90 Å². The number of aromatic carboxylic acids is 1. The van der Waals surface area contributed by atoms with Crippen LogP contribution in [0.5, 0.6) is 0 Å². The Morgan fingerprint density at radius 2 is 1.88 bits per heavy atom. The largest absolute Gasteiger partial charge is 0.478 e. The highest BCUT2D eigenvalue weighted by atomic mass is 35.5. The van der Waals surface area contributed by atoms with Gasteiger partial charge in [-0.05, 0) is 30.5 Å². The Balaban J connectivity index is 2.06. The van der Waals surface area contributed by atoms with E-state index in [-0.39, 0.29) is 17.6 Å². The van der Waals surface area contributed by atoms with Crippen LogP contribution in [0.15, 0.2) is 47.4 Å². The van der Waals surface area contributed by atoms with Crippen molar-refractivity contribution in [1.29, 1.82) is 0 Å². The maximum absolute atomic E-state index is 14.5. The SMILES string of the molecule is O=C(O)c1cc(Cl)cc(S(=O)(=O)N(Cc2ccccc2)C2CC2)c1F. The van der Waals surface area contributed by atoms with Crippen molar-refractivity contribution in [2.45, 2.75) is 30.3 Å². The van der Waals surface area contributed by atoms with Crippen LogP contribution in [0, 0.1) is 5.82 Å². The molecule has 0 aromatic heterocycles. The molecule has 0 atom stereocenters. The highest BCUT2D eigenvalue weighted by Gasteiger charge is 2.40. The first-order valence-corrected chi connectivity index (χ1v) is 9.40. The summed E-state index contributed by atoms with van der Waals surface area (Å²) in [7, 11) is -4.23. The Morgan fingerprint density at radius 1 is 1.24 bits per heavy atom. The average molecular weight is 384 g/mol. The summed E-state index contributed by atoms with van der Waals surface area (Å²) >= 11 is 5.82. The minimum Gasteiger partial charge on any atom is -0.478 e. The van der Waals surface area contributed by atoms with Crippen LogP contribution >= 0.6 is 11.6 Å². The molecule has 1 fully saturated rings. The number of carboxylic acid groups (broad SMARTS) is 1. The van der Waals surface area contributed by atoms with Gasteiger partial charge in [0.2, 0.25) is 10.0 Å². The van der Waals surface area contributed by atoms with Gasteiger partial charge < -0.3 is 5.11 Å². The monoisotopic (exact) mass is 383 g/mol. The van der Waals surface area contributed by atoms with E-state index in [0.29, 0.717) is 12.8 Å². The lowest BCUT2D eigenvalue weighted by atomic mass is 10.2. The van der Waals surface area contributed by atoms with E-state index in [4.69, 9.17) is 16.7 Å². The lowest BCUT2D eigenvalue weighted by molar-refractivity contribution is 0.0691. The first kappa shape index (κ1) is 17.8. The number of benzene rings is 2. The molecule has 25 heavy (non-hydrogen) atoms. The van der Waals surface area contributed by atoms with E-state index in [1.807, 2.05) is 6.07 Å². The molecule has 0 unspecified atom stereocenters. The number of rotatable bonds is 6. The van der Waals surface area contributed by atoms with E-state index in [0.717, 1.165) is 17.7 Å². The van der Waals surface area contributed by atoms with E-state index in [9.17, 15) is 17.6 Å². The van der Waals surface area contributed by atoms with Crippen molar-refractivity contribution in [2.24, 2.45) is 0 Å². The molecule has 8 heteroatoms. The molecule has 1 aliphatic rings. The van der Waals surface area contributed by atoms with Gasteiger partial charge in [-0.25, -0.2) is 17.6 Å². The summed E-state index contributed by atoms with van der Waals surface area (Å²) in [4.78, 5) is 10.4. The summed E-state index contributed by atoms with van der Waals surface area (Å²) in [5, 5.41) is 8.92. The van der Waals surface area contributed by atoms with Crippen molar-refractivity contribution in [3.05, 3.63) is 64.4 Å². The minimum atomic E-state index is -4.23. The first-order chi connectivity index (χ1) is 11.8. The van der Waals surface area contributed by atoms with Crippen molar-refractivity contribution >= 4 is 27.6 Å². The molecular formula is C17H15ClFNO4S. The van der Waals surface area contributed by atoms with Gasteiger partial charge in [0.25, 0.3) is 0 Å². The van der Waals surface area contributed by atoms with Crippen molar-refractivity contribution in [2.75, 3.05) is 0 Å². The summed E-state index contributed by atoms with van der Waals surface area (Å²) < 4.78 is 41.7. The van der Waals surface area contributed by atoms with Gasteiger partial charge in [-0.2, -0.15) is 4.31 Å². The predicted molar refractivity (Wildman–Crippen MR) is 90.6 cm³/mol. The number of hydrogen-bond acceptors (Lipinski definition) is 3.